The SMILES string of the molecule is CCn1ccnc1[C@H]1OCCC[C@@H]1NC(=O)[C@@H]1[C@H](C(=O)O)C1(C)C. The first-order valence-electron chi connectivity index (χ1n) is 8.53. The molecular formula is C17H25N3O4. The normalized spacial score (nSPS) is 31.5. The third kappa shape index (κ3) is 2.81. The third-order valence-electron chi connectivity index (χ3n) is 5.37. The number of nitrogens with zero attached hydrogens (tertiary/aromatic N) is 2. The number of carbonyl (C=O) groups is 2. The minimum absolute atomic E-state index is 0.176. The summed E-state index contributed by atoms with van der Waals surface area (Å²) in [6, 6.07) is -0.176. The molecular weight excluding hydrogens is 310 g/mol. The number of ether oxygens (including phenoxy) is 1. The van der Waals surface area contributed by atoms with Crippen molar-refractivity contribution < 1.29 is 19.4 Å². The molecule has 7 nitrogen and oxygen atoms in total. The van der Waals surface area contributed by atoms with E-state index in [1.54, 1.807) is 6.20 Å². The fourth-order valence-corrected chi connectivity index (χ4v) is 3.89. The van der Waals surface area contributed by atoms with Gasteiger partial charge in [0.2, 0.25) is 5.91 Å². The van der Waals surface area contributed by atoms with E-state index >= 15 is 0 Å². The van der Waals surface area contributed by atoms with Gasteiger partial charge in [0.1, 0.15) is 11.9 Å². The largest absolute Gasteiger partial charge is 0.481 e. The number of carboxylic acids is 1. The summed E-state index contributed by atoms with van der Waals surface area (Å²) in [5.41, 5.74) is -0.497. The molecule has 0 spiro atoms. The molecule has 1 aromatic rings. The molecule has 7 heteroatoms. The van der Waals surface area contributed by atoms with Crippen LogP contribution in [0.5, 0.6) is 0 Å². The van der Waals surface area contributed by atoms with Crippen LogP contribution in [-0.4, -0.2) is 39.2 Å². The smallest absolute Gasteiger partial charge is 0.307 e. The number of imidazole rings is 1. The van der Waals surface area contributed by atoms with E-state index in [1.807, 2.05) is 31.5 Å². The maximum Gasteiger partial charge on any atom is 0.307 e. The van der Waals surface area contributed by atoms with Crippen LogP contribution < -0.4 is 5.32 Å². The highest BCUT2D eigenvalue weighted by atomic mass is 16.5. The molecule has 1 saturated heterocycles. The van der Waals surface area contributed by atoms with Crippen molar-refractivity contribution in [1.82, 2.24) is 14.9 Å². The Balaban J connectivity index is 1.73. The summed E-state index contributed by atoms with van der Waals surface area (Å²) in [5.74, 6) is -1.38. The van der Waals surface area contributed by atoms with Gasteiger partial charge in [0, 0.05) is 25.5 Å². The summed E-state index contributed by atoms with van der Waals surface area (Å²) in [6.45, 7) is 7.11. The molecule has 0 unspecified atom stereocenters. The Morgan fingerprint density at radius 3 is 2.83 bits per heavy atom. The van der Waals surface area contributed by atoms with Crippen LogP contribution in [0.15, 0.2) is 12.4 Å². The standard InChI is InChI=1S/C17H25N3O4/c1-4-20-8-7-18-14(20)13-10(6-5-9-24-13)19-15(21)11-12(16(22)23)17(11,2)3/h7-8,10-13H,4-6,9H2,1-3H3,(H,19,21)(H,22,23)/t10-,11-,12+,13-/m0/s1. The highest BCUT2D eigenvalue weighted by Gasteiger charge is 2.66. The fraction of sp³-hybridized carbons (Fsp3) is 0.706. The van der Waals surface area contributed by atoms with Crippen LogP contribution >= 0.6 is 0 Å². The molecule has 1 aliphatic heterocycles. The Bertz CT molecular complexity index is 640. The lowest BCUT2D eigenvalue weighted by atomic mass is 10.0. The van der Waals surface area contributed by atoms with Crippen molar-refractivity contribution in [1.29, 1.82) is 0 Å². The number of aryl methyl sites for hydroxylation is 1. The van der Waals surface area contributed by atoms with Gasteiger partial charge in [-0.15, -0.1) is 0 Å². The molecule has 4 atom stereocenters. The number of hydrogen-bond acceptors (Lipinski definition) is 4. The Labute approximate surface area is 141 Å². The second kappa shape index (κ2) is 6.20. The summed E-state index contributed by atoms with van der Waals surface area (Å²) in [6.07, 6.45) is 5.02. The third-order valence-corrected chi connectivity index (χ3v) is 5.37. The summed E-state index contributed by atoms with van der Waals surface area (Å²) >= 11 is 0. The number of nitrogens with one attached hydrogen (secondary N) is 1. The number of rotatable bonds is 5. The van der Waals surface area contributed by atoms with Crippen molar-refractivity contribution in [2.45, 2.75) is 52.3 Å². The second-order valence-electron chi connectivity index (χ2n) is 7.24. The van der Waals surface area contributed by atoms with Gasteiger partial charge >= 0.3 is 5.97 Å². The van der Waals surface area contributed by atoms with Crippen LogP contribution in [0.4, 0.5) is 0 Å². The zero-order chi connectivity index (χ0) is 17.5. The lowest BCUT2D eigenvalue weighted by Gasteiger charge is -2.32. The van der Waals surface area contributed by atoms with E-state index in [0.717, 1.165) is 25.2 Å². The van der Waals surface area contributed by atoms with Crippen LogP contribution in [0.1, 0.15) is 45.5 Å². The van der Waals surface area contributed by atoms with Crippen LogP contribution in [0.25, 0.3) is 0 Å². The zero-order valence-corrected chi connectivity index (χ0v) is 14.4. The number of aliphatic carboxylic acids is 1. The molecule has 2 N–H and O–H groups in total. The molecule has 0 aromatic carbocycles. The van der Waals surface area contributed by atoms with E-state index in [0.29, 0.717) is 6.61 Å². The molecule has 0 bridgehead atoms. The summed E-state index contributed by atoms with van der Waals surface area (Å²) in [7, 11) is 0. The van der Waals surface area contributed by atoms with Crippen LogP contribution in [-0.2, 0) is 20.9 Å². The zero-order valence-electron chi connectivity index (χ0n) is 14.4. The predicted molar refractivity (Wildman–Crippen MR) is 86.2 cm³/mol. The lowest BCUT2D eigenvalue weighted by molar-refractivity contribution is -0.140. The van der Waals surface area contributed by atoms with E-state index in [1.165, 1.54) is 0 Å². The van der Waals surface area contributed by atoms with Gasteiger partial charge in [0.25, 0.3) is 0 Å². The first-order chi connectivity index (χ1) is 11.4. The summed E-state index contributed by atoms with van der Waals surface area (Å²) in [4.78, 5) is 28.3. The summed E-state index contributed by atoms with van der Waals surface area (Å²) in [5, 5.41) is 12.3. The molecule has 1 saturated carbocycles. The van der Waals surface area contributed by atoms with Crippen molar-refractivity contribution in [3.05, 3.63) is 18.2 Å². The Morgan fingerprint density at radius 2 is 2.21 bits per heavy atom. The van der Waals surface area contributed by atoms with Gasteiger partial charge < -0.3 is 19.7 Å². The molecule has 0 radical (unpaired) electrons. The molecule has 1 amide bonds. The van der Waals surface area contributed by atoms with Crippen molar-refractivity contribution in [2.24, 2.45) is 17.3 Å². The number of carboxylic acid groups (broad SMARTS) is 1. The molecule has 132 valence electrons. The first-order valence-corrected chi connectivity index (χ1v) is 8.53. The van der Waals surface area contributed by atoms with Gasteiger partial charge in [-0.1, -0.05) is 13.8 Å². The minimum atomic E-state index is -0.905. The molecule has 2 fully saturated rings. The Kier molecular flexibility index (Phi) is 4.38. The van der Waals surface area contributed by atoms with E-state index in [9.17, 15) is 14.7 Å². The van der Waals surface area contributed by atoms with Crippen molar-refractivity contribution in [3.8, 4) is 0 Å². The maximum absolute atomic E-state index is 12.6. The molecule has 3 rings (SSSR count). The first kappa shape index (κ1) is 17.0. The van der Waals surface area contributed by atoms with Crippen LogP contribution in [0.3, 0.4) is 0 Å². The van der Waals surface area contributed by atoms with Gasteiger partial charge in [0.05, 0.1) is 17.9 Å². The van der Waals surface area contributed by atoms with E-state index in [2.05, 4.69) is 10.3 Å². The Morgan fingerprint density at radius 1 is 1.46 bits per heavy atom. The average molecular weight is 335 g/mol. The number of amides is 1. The van der Waals surface area contributed by atoms with E-state index < -0.39 is 23.2 Å². The number of carbonyl (C=O) groups excluding carboxylic acids is 1. The monoisotopic (exact) mass is 335 g/mol. The fourth-order valence-electron chi connectivity index (χ4n) is 3.89. The summed E-state index contributed by atoms with van der Waals surface area (Å²) < 4.78 is 7.90. The van der Waals surface area contributed by atoms with Gasteiger partial charge in [-0.3, -0.25) is 9.59 Å². The second-order valence-corrected chi connectivity index (χ2v) is 7.24. The van der Waals surface area contributed by atoms with Gasteiger partial charge in [-0.25, -0.2) is 4.98 Å². The van der Waals surface area contributed by atoms with Crippen LogP contribution in [0.2, 0.25) is 0 Å². The van der Waals surface area contributed by atoms with Gasteiger partial charge in [0.15, 0.2) is 0 Å². The van der Waals surface area contributed by atoms with Crippen molar-refractivity contribution in [3.63, 3.8) is 0 Å². The topological polar surface area (TPSA) is 93.5 Å². The van der Waals surface area contributed by atoms with Crippen LogP contribution in [0, 0.1) is 17.3 Å². The predicted octanol–water partition coefficient (Wildman–Crippen LogP) is 1.60. The van der Waals surface area contributed by atoms with Gasteiger partial charge in [-0.05, 0) is 25.2 Å². The Hall–Kier alpha value is -1.89. The van der Waals surface area contributed by atoms with Gasteiger partial charge in [-0.2, -0.15) is 0 Å². The molecule has 2 heterocycles. The van der Waals surface area contributed by atoms with E-state index in [4.69, 9.17) is 4.74 Å². The molecule has 1 aromatic heterocycles. The van der Waals surface area contributed by atoms with Crippen molar-refractivity contribution in [2.75, 3.05) is 6.61 Å². The number of hydrogen-bond donors (Lipinski definition) is 2. The molecule has 2 aliphatic rings. The lowest BCUT2D eigenvalue weighted by Crippen LogP contribution is -2.44. The van der Waals surface area contributed by atoms with E-state index in [-0.39, 0.29) is 18.1 Å². The minimum Gasteiger partial charge on any atom is -0.481 e. The molecule has 1 aliphatic carbocycles. The quantitative estimate of drug-likeness (QED) is 0.852. The maximum atomic E-state index is 12.6. The average Bonchev–Trinajstić information content (AvgIpc) is 2.90. The highest BCUT2D eigenvalue weighted by Crippen LogP contribution is 2.58. The number of aromatic nitrogens is 2. The van der Waals surface area contributed by atoms with Crippen molar-refractivity contribution >= 4 is 11.9 Å². The molecule has 24 heavy (non-hydrogen) atoms. The highest BCUT2D eigenvalue weighted by molar-refractivity contribution is 5.91.